The Morgan fingerprint density at radius 1 is 1.00 bits per heavy atom. The molecule has 0 unspecified atom stereocenters. The molecule has 0 amide bonds. The molecule has 1 aliphatic heterocycles. The van der Waals surface area contributed by atoms with Crippen LogP contribution in [0.2, 0.25) is 5.28 Å². The van der Waals surface area contributed by atoms with Crippen molar-refractivity contribution in [3.63, 3.8) is 0 Å². The van der Waals surface area contributed by atoms with Gasteiger partial charge < -0.3 is 4.90 Å². The van der Waals surface area contributed by atoms with Crippen LogP contribution in [0.5, 0.6) is 0 Å². The average molecular weight is 468 g/mol. The van der Waals surface area contributed by atoms with E-state index in [0.717, 1.165) is 66.5 Å². The zero-order valence-corrected chi connectivity index (χ0v) is 20.6. The zero-order valence-electron chi connectivity index (χ0n) is 19.0. The maximum atomic E-state index is 6.51. The Kier molecular flexibility index (Phi) is 7.53. The first kappa shape index (κ1) is 22.9. The lowest BCUT2D eigenvalue weighted by Crippen LogP contribution is -2.25. The molecular formula is C25H30ClN5S. The molecule has 0 bridgehead atoms. The summed E-state index contributed by atoms with van der Waals surface area (Å²) in [6.07, 6.45) is 3.36. The van der Waals surface area contributed by atoms with E-state index < -0.39 is 0 Å². The van der Waals surface area contributed by atoms with E-state index >= 15 is 0 Å². The average Bonchev–Trinajstić information content (AvgIpc) is 3.09. The number of fused-ring (bicyclic) bond motifs is 3. The highest BCUT2D eigenvalue weighted by atomic mass is 35.5. The quantitative estimate of drug-likeness (QED) is 0.341. The highest BCUT2D eigenvalue weighted by Gasteiger charge is 2.23. The number of hydrogen-bond acceptors (Lipinski definition) is 5. The summed E-state index contributed by atoms with van der Waals surface area (Å²) in [5.74, 6) is 1.87. The fourth-order valence-corrected chi connectivity index (χ4v) is 5.13. The predicted octanol–water partition coefficient (Wildman–Crippen LogP) is 6.40. The van der Waals surface area contributed by atoms with Crippen molar-refractivity contribution in [3.05, 3.63) is 64.7 Å². The minimum atomic E-state index is 0.375. The molecule has 1 aliphatic rings. The first-order valence-corrected chi connectivity index (χ1v) is 12.8. The number of aliphatic imine (C=N–C) groups is 1. The van der Waals surface area contributed by atoms with E-state index in [4.69, 9.17) is 16.6 Å². The fraction of sp³-hybridized carbons (Fsp3) is 0.400. The van der Waals surface area contributed by atoms with Crippen molar-refractivity contribution < 1.29 is 0 Å². The van der Waals surface area contributed by atoms with Gasteiger partial charge in [0.1, 0.15) is 6.54 Å². The Bertz CT molecular complexity index is 1100. The molecule has 32 heavy (non-hydrogen) atoms. The van der Waals surface area contributed by atoms with E-state index in [0.29, 0.717) is 11.8 Å². The number of anilines is 1. The molecule has 0 aliphatic carbocycles. The van der Waals surface area contributed by atoms with Gasteiger partial charge >= 0.3 is 0 Å². The van der Waals surface area contributed by atoms with Crippen LogP contribution in [0.4, 0.5) is 5.69 Å². The lowest BCUT2D eigenvalue weighted by atomic mass is 9.99. The molecule has 0 fully saturated rings. The molecule has 0 saturated carbocycles. The first-order chi connectivity index (χ1) is 15.7. The smallest absolute Gasteiger partial charge is 0.229 e. The Labute approximate surface area is 199 Å². The number of benzene rings is 2. The Morgan fingerprint density at radius 3 is 2.56 bits per heavy atom. The molecule has 0 saturated heterocycles. The summed E-state index contributed by atoms with van der Waals surface area (Å²) in [7, 11) is 0. The second-order valence-corrected chi connectivity index (χ2v) is 9.46. The van der Waals surface area contributed by atoms with E-state index in [-0.39, 0.29) is 0 Å². The van der Waals surface area contributed by atoms with Crippen molar-refractivity contribution in [2.24, 2.45) is 4.99 Å². The van der Waals surface area contributed by atoms with Crippen LogP contribution >= 0.6 is 23.4 Å². The van der Waals surface area contributed by atoms with Gasteiger partial charge in [0.05, 0.1) is 11.4 Å². The molecule has 3 aromatic rings. The van der Waals surface area contributed by atoms with E-state index in [2.05, 4.69) is 78.3 Å². The number of rotatable bonds is 9. The Morgan fingerprint density at radius 2 is 1.81 bits per heavy atom. The number of hydrogen-bond donors (Lipinski definition) is 0. The molecule has 4 rings (SSSR count). The van der Waals surface area contributed by atoms with Gasteiger partial charge in [0, 0.05) is 34.8 Å². The van der Waals surface area contributed by atoms with Gasteiger partial charge in [-0.2, -0.15) is 0 Å². The number of halogens is 1. The largest absolute Gasteiger partial charge is 0.371 e. The summed E-state index contributed by atoms with van der Waals surface area (Å²) < 4.78 is 1.95. The van der Waals surface area contributed by atoms with Crippen LogP contribution in [0.15, 0.2) is 52.4 Å². The molecule has 0 radical (unpaired) electrons. The molecule has 0 N–H and O–H groups in total. The summed E-state index contributed by atoms with van der Waals surface area (Å²) in [6, 6.07) is 15.3. The fourth-order valence-electron chi connectivity index (χ4n) is 4.08. The van der Waals surface area contributed by atoms with Gasteiger partial charge in [-0.3, -0.25) is 9.56 Å². The van der Waals surface area contributed by atoms with Crippen molar-refractivity contribution in [2.45, 2.75) is 51.5 Å². The van der Waals surface area contributed by atoms with Crippen molar-refractivity contribution in [2.75, 3.05) is 23.7 Å². The Hall–Kier alpha value is -2.31. The third-order valence-corrected chi connectivity index (χ3v) is 6.92. The van der Waals surface area contributed by atoms with Crippen molar-refractivity contribution in [1.29, 1.82) is 0 Å². The van der Waals surface area contributed by atoms with Gasteiger partial charge in [-0.25, -0.2) is 0 Å². The summed E-state index contributed by atoms with van der Waals surface area (Å²) in [5, 5.41) is 8.80. The van der Waals surface area contributed by atoms with Gasteiger partial charge in [0.15, 0.2) is 5.82 Å². The Balaban J connectivity index is 1.83. The molecule has 5 nitrogen and oxygen atoms in total. The summed E-state index contributed by atoms with van der Waals surface area (Å²) >= 11 is 8.39. The highest BCUT2D eigenvalue weighted by Crippen LogP contribution is 2.32. The van der Waals surface area contributed by atoms with Gasteiger partial charge in [0.25, 0.3) is 0 Å². The molecule has 1 aromatic heterocycles. The normalized spacial score (nSPS) is 12.7. The molecule has 168 valence electrons. The second-order valence-electron chi connectivity index (χ2n) is 7.95. The molecule has 0 atom stereocenters. The lowest BCUT2D eigenvalue weighted by molar-refractivity contribution is 0.744. The predicted molar refractivity (Wildman–Crippen MR) is 136 cm³/mol. The van der Waals surface area contributed by atoms with Gasteiger partial charge in [-0.15, -0.1) is 22.0 Å². The molecule has 7 heteroatoms. The SMILES string of the molecule is CCCSc1cccc(C2=NCc3nnc(Cl)n3-c3cc(N(CCC)CCC)ccc32)c1. The van der Waals surface area contributed by atoms with Crippen LogP contribution < -0.4 is 4.90 Å². The van der Waals surface area contributed by atoms with Gasteiger partial charge in [0.2, 0.25) is 5.28 Å². The maximum absolute atomic E-state index is 6.51. The van der Waals surface area contributed by atoms with Crippen LogP contribution in [-0.4, -0.2) is 39.3 Å². The number of nitrogens with zero attached hydrogens (tertiary/aromatic N) is 5. The summed E-state index contributed by atoms with van der Waals surface area (Å²) in [4.78, 5) is 8.67. The second kappa shape index (κ2) is 10.5. The number of thioether (sulfide) groups is 1. The van der Waals surface area contributed by atoms with Crippen LogP contribution in [0.25, 0.3) is 5.69 Å². The third-order valence-electron chi connectivity index (χ3n) is 5.48. The summed E-state index contributed by atoms with van der Waals surface area (Å²) in [6.45, 7) is 9.13. The van der Waals surface area contributed by atoms with Gasteiger partial charge in [-0.1, -0.05) is 32.9 Å². The van der Waals surface area contributed by atoms with E-state index in [1.807, 2.05) is 16.3 Å². The van der Waals surface area contributed by atoms with Crippen molar-refractivity contribution in [3.8, 4) is 5.69 Å². The van der Waals surface area contributed by atoms with Crippen molar-refractivity contribution >= 4 is 34.8 Å². The first-order valence-electron chi connectivity index (χ1n) is 11.4. The molecular weight excluding hydrogens is 438 g/mol. The number of aromatic nitrogens is 3. The van der Waals surface area contributed by atoms with Crippen LogP contribution in [0, 0.1) is 0 Å². The standard InChI is InChI=1S/C25H30ClN5S/c1-4-12-30(13-5-2)19-10-11-21-22(16-19)31-23(28-29-25(31)26)17-27-24(21)18-8-7-9-20(15-18)32-14-6-3/h7-11,15-16H,4-6,12-14,17H2,1-3H3. The van der Waals surface area contributed by atoms with Crippen LogP contribution in [-0.2, 0) is 6.54 Å². The molecule has 0 spiro atoms. The third kappa shape index (κ3) is 4.71. The minimum Gasteiger partial charge on any atom is -0.371 e. The van der Waals surface area contributed by atoms with E-state index in [9.17, 15) is 0 Å². The maximum Gasteiger partial charge on any atom is 0.229 e. The summed E-state index contributed by atoms with van der Waals surface area (Å²) in [5.41, 5.74) is 5.34. The van der Waals surface area contributed by atoms with E-state index in [1.165, 1.54) is 10.6 Å². The van der Waals surface area contributed by atoms with Crippen LogP contribution in [0.3, 0.4) is 0 Å². The van der Waals surface area contributed by atoms with Crippen LogP contribution in [0.1, 0.15) is 57.0 Å². The van der Waals surface area contributed by atoms with Gasteiger partial charge in [-0.05, 0) is 66.9 Å². The van der Waals surface area contributed by atoms with E-state index in [1.54, 1.807) is 0 Å². The zero-order chi connectivity index (χ0) is 22.5. The minimum absolute atomic E-state index is 0.375. The molecule has 2 aromatic carbocycles. The molecule has 2 heterocycles. The van der Waals surface area contributed by atoms with Crippen molar-refractivity contribution in [1.82, 2.24) is 14.8 Å². The lowest BCUT2D eigenvalue weighted by Gasteiger charge is -2.25. The highest BCUT2D eigenvalue weighted by molar-refractivity contribution is 7.99. The topological polar surface area (TPSA) is 46.3 Å². The monoisotopic (exact) mass is 467 g/mol.